The summed E-state index contributed by atoms with van der Waals surface area (Å²) in [5, 5.41) is 39.1. The molecule has 0 amide bonds. The van der Waals surface area contributed by atoms with E-state index in [9.17, 15) is 24.9 Å². The van der Waals surface area contributed by atoms with Gasteiger partial charge in [-0.05, 0) is 24.6 Å². The first kappa shape index (κ1) is 19.8. The third kappa shape index (κ3) is 3.54. The number of fused-ring (bicyclic) bond motifs is 1. The Morgan fingerprint density at radius 1 is 1.12 bits per heavy atom. The molecule has 0 unspecified atom stereocenters. The highest BCUT2D eigenvalue weighted by molar-refractivity contribution is 5.81. The van der Waals surface area contributed by atoms with Gasteiger partial charge in [-0.2, -0.15) is 0 Å². The number of aryl methyl sites for hydroxylation is 1. The SMILES string of the molecule is Cc1cc(=O)oc2cc(O[C@@H]3O[C@H](C(=O)O)[C@@H](O)[C@H](O)[C@H]3O)ccc12.O. The molecular weight excluding hydrogens is 352 g/mol. The van der Waals surface area contributed by atoms with Gasteiger partial charge >= 0.3 is 11.6 Å². The number of hydrogen-bond donors (Lipinski definition) is 4. The molecule has 10 heteroatoms. The van der Waals surface area contributed by atoms with E-state index >= 15 is 0 Å². The Balaban J connectivity index is 0.00000243. The van der Waals surface area contributed by atoms with Gasteiger partial charge in [0, 0.05) is 17.5 Å². The summed E-state index contributed by atoms with van der Waals surface area (Å²) in [6, 6.07) is 5.86. The number of aliphatic carboxylic acids is 1. The molecule has 1 aliphatic rings. The molecule has 0 spiro atoms. The first-order valence-corrected chi connectivity index (χ1v) is 7.41. The third-order valence-electron chi connectivity index (χ3n) is 3.99. The molecule has 1 aromatic heterocycles. The predicted octanol–water partition coefficient (Wildman–Crippen LogP) is -1.45. The van der Waals surface area contributed by atoms with Crippen molar-refractivity contribution in [2.24, 2.45) is 0 Å². The van der Waals surface area contributed by atoms with E-state index in [0.717, 1.165) is 0 Å². The molecule has 2 aromatic rings. The van der Waals surface area contributed by atoms with Crippen LogP contribution in [0, 0.1) is 6.92 Å². The zero-order valence-electron chi connectivity index (χ0n) is 13.5. The maximum atomic E-state index is 11.5. The van der Waals surface area contributed by atoms with Crippen molar-refractivity contribution in [3.8, 4) is 5.75 Å². The second-order valence-electron chi connectivity index (χ2n) is 5.76. The highest BCUT2D eigenvalue weighted by Crippen LogP contribution is 2.27. The minimum Gasteiger partial charge on any atom is -0.479 e. The van der Waals surface area contributed by atoms with E-state index in [1.54, 1.807) is 13.0 Å². The molecule has 0 aliphatic carbocycles. The van der Waals surface area contributed by atoms with Crippen LogP contribution in [0.3, 0.4) is 0 Å². The van der Waals surface area contributed by atoms with Crippen molar-refractivity contribution in [3.05, 3.63) is 40.2 Å². The molecule has 142 valence electrons. The summed E-state index contributed by atoms with van der Waals surface area (Å²) in [7, 11) is 0. The average molecular weight is 370 g/mol. The van der Waals surface area contributed by atoms with Crippen LogP contribution in [0.4, 0.5) is 0 Å². The van der Waals surface area contributed by atoms with Crippen molar-refractivity contribution < 1.29 is 44.6 Å². The topological polar surface area (TPSA) is 178 Å². The normalized spacial score (nSPS) is 28.4. The number of carboxylic acids is 1. The first-order chi connectivity index (χ1) is 11.8. The lowest BCUT2D eigenvalue weighted by Gasteiger charge is -2.38. The molecule has 26 heavy (non-hydrogen) atoms. The number of rotatable bonds is 3. The number of ether oxygens (including phenoxy) is 2. The van der Waals surface area contributed by atoms with E-state index in [0.29, 0.717) is 10.9 Å². The molecule has 10 nitrogen and oxygen atoms in total. The van der Waals surface area contributed by atoms with E-state index in [2.05, 4.69) is 0 Å². The van der Waals surface area contributed by atoms with E-state index in [-0.39, 0.29) is 16.8 Å². The number of carbonyl (C=O) groups is 1. The molecule has 0 radical (unpaired) electrons. The quantitative estimate of drug-likeness (QED) is 0.470. The van der Waals surface area contributed by atoms with Crippen LogP contribution in [0.2, 0.25) is 0 Å². The summed E-state index contributed by atoms with van der Waals surface area (Å²) in [4.78, 5) is 22.5. The minimum absolute atomic E-state index is 0. The van der Waals surface area contributed by atoms with Gasteiger partial charge in [-0.25, -0.2) is 9.59 Å². The second-order valence-corrected chi connectivity index (χ2v) is 5.76. The molecular formula is C16H18O10. The van der Waals surface area contributed by atoms with Crippen molar-refractivity contribution in [1.82, 2.24) is 0 Å². The van der Waals surface area contributed by atoms with Crippen LogP contribution in [-0.4, -0.2) is 62.6 Å². The molecule has 1 saturated heterocycles. The monoisotopic (exact) mass is 370 g/mol. The van der Waals surface area contributed by atoms with Crippen molar-refractivity contribution in [1.29, 1.82) is 0 Å². The zero-order valence-corrected chi connectivity index (χ0v) is 13.5. The van der Waals surface area contributed by atoms with Crippen LogP contribution in [0.5, 0.6) is 5.75 Å². The van der Waals surface area contributed by atoms with Crippen LogP contribution in [0.1, 0.15) is 5.56 Å². The van der Waals surface area contributed by atoms with E-state index in [1.807, 2.05) is 0 Å². The summed E-state index contributed by atoms with van der Waals surface area (Å²) < 4.78 is 15.5. The van der Waals surface area contributed by atoms with Crippen molar-refractivity contribution in [2.45, 2.75) is 37.6 Å². The van der Waals surface area contributed by atoms with Gasteiger partial charge in [0.15, 0.2) is 6.10 Å². The van der Waals surface area contributed by atoms with E-state index in [4.69, 9.17) is 19.0 Å². The second kappa shape index (κ2) is 7.40. The Morgan fingerprint density at radius 3 is 2.46 bits per heavy atom. The predicted molar refractivity (Wildman–Crippen MR) is 85.8 cm³/mol. The number of aliphatic hydroxyl groups is 3. The Hall–Kier alpha value is -2.50. The van der Waals surface area contributed by atoms with Gasteiger partial charge in [0.1, 0.15) is 29.6 Å². The van der Waals surface area contributed by atoms with Crippen molar-refractivity contribution >= 4 is 16.9 Å². The fraction of sp³-hybridized carbons (Fsp3) is 0.375. The number of aliphatic hydroxyl groups excluding tert-OH is 3. The van der Waals surface area contributed by atoms with Crippen LogP contribution < -0.4 is 10.4 Å². The number of hydrogen-bond acceptors (Lipinski definition) is 8. The molecule has 1 aromatic carbocycles. The molecule has 2 heterocycles. The Morgan fingerprint density at radius 2 is 1.81 bits per heavy atom. The Labute approximate surface area is 146 Å². The molecule has 6 N–H and O–H groups in total. The summed E-state index contributed by atoms with van der Waals surface area (Å²) >= 11 is 0. The number of benzene rings is 1. The fourth-order valence-corrected chi connectivity index (χ4v) is 2.66. The maximum absolute atomic E-state index is 11.5. The van der Waals surface area contributed by atoms with Gasteiger partial charge in [0.05, 0.1) is 0 Å². The summed E-state index contributed by atoms with van der Waals surface area (Å²) in [6.45, 7) is 1.74. The maximum Gasteiger partial charge on any atom is 0.336 e. The van der Waals surface area contributed by atoms with Crippen molar-refractivity contribution in [2.75, 3.05) is 0 Å². The largest absolute Gasteiger partial charge is 0.479 e. The van der Waals surface area contributed by atoms with Crippen LogP contribution in [0.25, 0.3) is 11.0 Å². The first-order valence-electron chi connectivity index (χ1n) is 7.41. The fourth-order valence-electron chi connectivity index (χ4n) is 2.66. The smallest absolute Gasteiger partial charge is 0.336 e. The van der Waals surface area contributed by atoms with Gasteiger partial charge in [-0.3, -0.25) is 0 Å². The van der Waals surface area contributed by atoms with Gasteiger partial charge in [-0.1, -0.05) is 0 Å². The van der Waals surface area contributed by atoms with Gasteiger partial charge in [0.25, 0.3) is 0 Å². The molecule has 5 atom stereocenters. The minimum atomic E-state index is -1.80. The zero-order chi connectivity index (χ0) is 18.3. The van der Waals surface area contributed by atoms with Crippen LogP contribution in [0.15, 0.2) is 33.5 Å². The molecule has 3 rings (SSSR count). The summed E-state index contributed by atoms with van der Waals surface area (Å²) in [5.41, 5.74) is 0.403. The van der Waals surface area contributed by atoms with Gasteiger partial charge < -0.3 is 39.8 Å². The molecule has 1 fully saturated rings. The Bertz CT molecular complexity index is 860. The van der Waals surface area contributed by atoms with E-state index < -0.39 is 42.3 Å². The number of carboxylic acid groups (broad SMARTS) is 1. The third-order valence-corrected chi connectivity index (χ3v) is 3.99. The highest BCUT2D eigenvalue weighted by Gasteiger charge is 2.48. The highest BCUT2D eigenvalue weighted by atomic mass is 16.7. The lowest BCUT2D eigenvalue weighted by molar-refractivity contribution is -0.271. The summed E-state index contributed by atoms with van der Waals surface area (Å²) in [5.74, 6) is -1.38. The average Bonchev–Trinajstić information content (AvgIpc) is 2.54. The molecule has 0 bridgehead atoms. The lowest BCUT2D eigenvalue weighted by atomic mass is 9.99. The van der Waals surface area contributed by atoms with Crippen molar-refractivity contribution in [3.63, 3.8) is 0 Å². The standard InChI is InChI=1S/C16H16O9.H2O/c1-6-4-10(17)24-9-5-7(2-3-8(6)9)23-16-13(20)11(18)12(19)14(25-16)15(21)22;/h2-5,11-14,16,18-20H,1H3,(H,21,22);1H2/t11-,12-,13+,14-,16+;/m0./s1. The van der Waals surface area contributed by atoms with Gasteiger partial charge in [0.2, 0.25) is 6.29 Å². The Kier molecular flexibility index (Phi) is 5.64. The lowest BCUT2D eigenvalue weighted by Crippen LogP contribution is -2.61. The summed E-state index contributed by atoms with van der Waals surface area (Å²) in [6.07, 6.45) is -8.53. The van der Waals surface area contributed by atoms with Crippen LogP contribution in [-0.2, 0) is 9.53 Å². The van der Waals surface area contributed by atoms with Gasteiger partial charge in [-0.15, -0.1) is 0 Å². The molecule has 0 saturated carbocycles. The molecule has 1 aliphatic heterocycles. The van der Waals surface area contributed by atoms with Crippen LogP contribution >= 0.6 is 0 Å². The van der Waals surface area contributed by atoms with E-state index in [1.165, 1.54) is 18.2 Å².